The molecule has 4 fully saturated rings. The third-order valence-corrected chi connectivity index (χ3v) is 8.14. The molecular formula is C24H31N3O3. The molecule has 1 atom stereocenters. The molecule has 1 N–H and O–H groups in total. The molecule has 0 aliphatic heterocycles. The Labute approximate surface area is 176 Å². The van der Waals surface area contributed by atoms with Crippen molar-refractivity contribution in [2.75, 3.05) is 0 Å². The fourth-order valence-electron chi connectivity index (χ4n) is 7.13. The number of carbonyl (C=O) groups is 1. The van der Waals surface area contributed by atoms with Gasteiger partial charge in [0, 0.05) is 12.6 Å². The molecule has 1 aromatic carbocycles. The van der Waals surface area contributed by atoms with Crippen molar-refractivity contribution in [2.24, 2.45) is 23.2 Å². The largest absolute Gasteiger partial charge is 0.352 e. The van der Waals surface area contributed by atoms with E-state index in [1.54, 1.807) is 6.07 Å². The molecule has 1 amide bonds. The van der Waals surface area contributed by atoms with Gasteiger partial charge in [-0.3, -0.25) is 19.0 Å². The Morgan fingerprint density at radius 2 is 1.50 bits per heavy atom. The summed E-state index contributed by atoms with van der Waals surface area (Å²) in [7, 11) is 0. The quantitative estimate of drug-likeness (QED) is 0.772. The minimum Gasteiger partial charge on any atom is -0.352 e. The predicted molar refractivity (Wildman–Crippen MR) is 116 cm³/mol. The molecule has 0 spiro atoms. The normalized spacial score (nSPS) is 30.5. The summed E-state index contributed by atoms with van der Waals surface area (Å²) in [5.41, 5.74) is 0.322. The number of aromatic nitrogens is 2. The van der Waals surface area contributed by atoms with Crippen molar-refractivity contribution in [3.05, 3.63) is 45.0 Å². The highest BCUT2D eigenvalue weighted by atomic mass is 16.2. The number of amides is 1. The highest BCUT2D eigenvalue weighted by Crippen LogP contribution is 2.61. The van der Waals surface area contributed by atoms with Crippen LogP contribution in [-0.2, 0) is 17.9 Å². The zero-order valence-corrected chi connectivity index (χ0v) is 17.9. The molecule has 0 radical (unpaired) electrons. The molecule has 6 rings (SSSR count). The van der Waals surface area contributed by atoms with Gasteiger partial charge in [-0.15, -0.1) is 0 Å². The summed E-state index contributed by atoms with van der Waals surface area (Å²) >= 11 is 0. The van der Waals surface area contributed by atoms with E-state index in [4.69, 9.17) is 0 Å². The number of rotatable bonds is 5. The molecule has 4 aliphatic carbocycles. The van der Waals surface area contributed by atoms with Crippen LogP contribution in [0.1, 0.15) is 52.4 Å². The van der Waals surface area contributed by atoms with E-state index in [2.05, 4.69) is 12.2 Å². The third-order valence-electron chi connectivity index (χ3n) is 8.14. The van der Waals surface area contributed by atoms with Crippen LogP contribution in [-0.4, -0.2) is 21.1 Å². The minimum absolute atomic E-state index is 0.0939. The second-order valence-corrected chi connectivity index (χ2v) is 10.00. The van der Waals surface area contributed by atoms with Gasteiger partial charge in [-0.1, -0.05) is 12.1 Å². The minimum atomic E-state index is -0.631. The van der Waals surface area contributed by atoms with Crippen LogP contribution >= 0.6 is 0 Å². The molecule has 2 aromatic rings. The average Bonchev–Trinajstić information content (AvgIpc) is 2.71. The maximum absolute atomic E-state index is 13.0. The first kappa shape index (κ1) is 19.6. The van der Waals surface area contributed by atoms with Crippen LogP contribution in [0.15, 0.2) is 33.9 Å². The molecule has 6 heteroatoms. The van der Waals surface area contributed by atoms with E-state index in [1.807, 2.05) is 25.1 Å². The van der Waals surface area contributed by atoms with E-state index < -0.39 is 11.1 Å². The number of para-hydroxylation sites is 2. The van der Waals surface area contributed by atoms with Gasteiger partial charge in [-0.05, 0) is 87.7 Å². The monoisotopic (exact) mass is 409 g/mol. The van der Waals surface area contributed by atoms with Crippen LogP contribution < -0.4 is 16.4 Å². The van der Waals surface area contributed by atoms with E-state index in [1.165, 1.54) is 47.7 Å². The number of fused-ring (bicyclic) bond motifs is 1. The van der Waals surface area contributed by atoms with Crippen molar-refractivity contribution in [3.63, 3.8) is 0 Å². The first-order valence-electron chi connectivity index (χ1n) is 11.4. The number of benzene rings is 1. The maximum Gasteiger partial charge on any atom is 0.317 e. The molecule has 160 valence electrons. The highest BCUT2D eigenvalue weighted by molar-refractivity contribution is 5.80. The van der Waals surface area contributed by atoms with Gasteiger partial charge in [0.1, 0.15) is 6.54 Å². The third kappa shape index (κ3) is 3.03. The van der Waals surface area contributed by atoms with Crippen molar-refractivity contribution in [3.8, 4) is 0 Å². The van der Waals surface area contributed by atoms with E-state index in [9.17, 15) is 14.4 Å². The smallest absolute Gasteiger partial charge is 0.317 e. The van der Waals surface area contributed by atoms with Crippen LogP contribution in [0, 0.1) is 23.2 Å². The zero-order chi connectivity index (χ0) is 21.0. The lowest BCUT2D eigenvalue weighted by Crippen LogP contribution is -2.56. The summed E-state index contributed by atoms with van der Waals surface area (Å²) in [5, 5.41) is 3.22. The van der Waals surface area contributed by atoms with Gasteiger partial charge in [0.05, 0.1) is 11.0 Å². The summed E-state index contributed by atoms with van der Waals surface area (Å²) in [6, 6.07) is 7.40. The zero-order valence-electron chi connectivity index (χ0n) is 17.9. The molecule has 0 unspecified atom stereocenters. The van der Waals surface area contributed by atoms with Crippen LogP contribution in [0.25, 0.3) is 11.0 Å². The second kappa shape index (κ2) is 7.10. The lowest BCUT2D eigenvalue weighted by Gasteiger charge is -2.59. The van der Waals surface area contributed by atoms with Gasteiger partial charge >= 0.3 is 11.1 Å². The molecule has 6 nitrogen and oxygen atoms in total. The van der Waals surface area contributed by atoms with E-state index in [0.29, 0.717) is 17.6 Å². The molecule has 1 aromatic heterocycles. The fourth-order valence-corrected chi connectivity index (χ4v) is 7.13. The first-order chi connectivity index (χ1) is 14.4. The van der Waals surface area contributed by atoms with Gasteiger partial charge in [0.15, 0.2) is 0 Å². The van der Waals surface area contributed by atoms with E-state index in [0.717, 1.165) is 17.8 Å². The highest BCUT2D eigenvalue weighted by Gasteiger charge is 2.53. The molecule has 4 saturated carbocycles. The summed E-state index contributed by atoms with van der Waals surface area (Å²) in [5.74, 6) is 2.29. The Kier molecular flexibility index (Phi) is 4.64. The van der Waals surface area contributed by atoms with E-state index in [-0.39, 0.29) is 23.9 Å². The van der Waals surface area contributed by atoms with Crippen molar-refractivity contribution < 1.29 is 4.79 Å². The van der Waals surface area contributed by atoms with Gasteiger partial charge in [0.25, 0.3) is 0 Å². The molecule has 1 heterocycles. The number of hydrogen-bond acceptors (Lipinski definition) is 3. The topological polar surface area (TPSA) is 73.1 Å². The molecule has 4 bridgehead atoms. The van der Waals surface area contributed by atoms with Crippen molar-refractivity contribution in [1.82, 2.24) is 14.5 Å². The number of carbonyl (C=O) groups excluding carboxylic acids is 1. The summed E-state index contributed by atoms with van der Waals surface area (Å²) in [6.07, 6.45) is 7.76. The fraction of sp³-hybridized carbons (Fsp3) is 0.625. The van der Waals surface area contributed by atoms with Gasteiger partial charge in [-0.25, -0.2) is 0 Å². The van der Waals surface area contributed by atoms with Gasteiger partial charge in [-0.2, -0.15) is 0 Å². The average molecular weight is 410 g/mol. The van der Waals surface area contributed by atoms with Gasteiger partial charge in [0.2, 0.25) is 5.91 Å². The van der Waals surface area contributed by atoms with Gasteiger partial charge < -0.3 is 9.88 Å². The Balaban J connectivity index is 1.40. The number of nitrogens with zero attached hydrogens (tertiary/aromatic N) is 2. The van der Waals surface area contributed by atoms with Crippen LogP contribution in [0.3, 0.4) is 0 Å². The van der Waals surface area contributed by atoms with E-state index >= 15 is 0 Å². The second-order valence-electron chi connectivity index (χ2n) is 10.00. The molecule has 4 aliphatic rings. The van der Waals surface area contributed by atoms with Crippen LogP contribution in [0.5, 0.6) is 0 Å². The molecule has 0 saturated heterocycles. The lowest BCUT2D eigenvalue weighted by molar-refractivity contribution is -0.126. The van der Waals surface area contributed by atoms with Crippen LogP contribution in [0.4, 0.5) is 0 Å². The number of nitrogens with one attached hydrogen (secondary N) is 1. The Morgan fingerprint density at radius 1 is 1.00 bits per heavy atom. The lowest BCUT2D eigenvalue weighted by atomic mass is 9.48. The first-order valence-corrected chi connectivity index (χ1v) is 11.4. The summed E-state index contributed by atoms with van der Waals surface area (Å²) in [4.78, 5) is 38.3. The number of hydrogen-bond donors (Lipinski definition) is 1. The Morgan fingerprint density at radius 3 is 2.03 bits per heavy atom. The van der Waals surface area contributed by atoms with Crippen molar-refractivity contribution >= 4 is 16.9 Å². The summed E-state index contributed by atoms with van der Waals surface area (Å²) < 4.78 is 2.82. The predicted octanol–water partition coefficient (Wildman–Crippen LogP) is 2.90. The van der Waals surface area contributed by atoms with Crippen molar-refractivity contribution in [1.29, 1.82) is 0 Å². The Hall–Kier alpha value is -2.37. The summed E-state index contributed by atoms with van der Waals surface area (Å²) in [6.45, 7) is 4.29. The standard InChI is InChI=1S/C24H31N3O3/c1-3-26-19-6-4-5-7-20(19)27(23(30)22(26)29)14-21(28)25-15(2)24-11-16-8-17(12-24)10-18(9-16)13-24/h4-7,15-18H,3,8-14H2,1-2H3,(H,25,28)/t15-,16?,17?,18?,24?/m1/s1. The number of aryl methyl sites for hydroxylation is 1. The maximum atomic E-state index is 13.0. The van der Waals surface area contributed by atoms with Crippen LogP contribution in [0.2, 0.25) is 0 Å². The van der Waals surface area contributed by atoms with Crippen molar-refractivity contribution in [2.45, 2.75) is 71.5 Å². The molecular weight excluding hydrogens is 378 g/mol. The SMILES string of the molecule is CCn1c(=O)c(=O)n(CC(=O)N[C@H](C)C23CC4CC(CC(C4)C2)C3)c2ccccc21. The molecule has 30 heavy (non-hydrogen) atoms. The Bertz CT molecular complexity index is 1080.